The van der Waals surface area contributed by atoms with Gasteiger partial charge < -0.3 is 10.2 Å². The summed E-state index contributed by atoms with van der Waals surface area (Å²) in [5, 5.41) is 2.97. The Kier molecular flexibility index (Phi) is 5.24. The van der Waals surface area contributed by atoms with Gasteiger partial charge in [-0.2, -0.15) is 0 Å². The van der Waals surface area contributed by atoms with Crippen LogP contribution in [0, 0.1) is 5.92 Å². The van der Waals surface area contributed by atoms with E-state index in [1.807, 2.05) is 6.07 Å². The van der Waals surface area contributed by atoms with Gasteiger partial charge in [-0.05, 0) is 44.1 Å². The van der Waals surface area contributed by atoms with Gasteiger partial charge in [-0.3, -0.25) is 4.79 Å². The van der Waals surface area contributed by atoms with Crippen LogP contribution in [0.2, 0.25) is 0 Å². The first-order valence-electron chi connectivity index (χ1n) is 8.65. The van der Waals surface area contributed by atoms with Crippen LogP contribution in [0.4, 0.5) is 5.82 Å². The second kappa shape index (κ2) is 7.56. The molecule has 1 saturated carbocycles. The summed E-state index contributed by atoms with van der Waals surface area (Å²) in [4.78, 5) is 23.2. The summed E-state index contributed by atoms with van der Waals surface area (Å²) >= 11 is 0. The first kappa shape index (κ1) is 15.3. The smallest absolute Gasteiger partial charge is 0.220 e. The number of hydrogen-bond donors (Lipinski definition) is 1. The number of carbonyl (C=O) groups excluding carboxylic acids is 1. The third-order valence-electron chi connectivity index (χ3n) is 4.76. The number of amides is 1. The zero-order chi connectivity index (χ0) is 15.2. The maximum absolute atomic E-state index is 12.0. The predicted molar refractivity (Wildman–Crippen MR) is 86.5 cm³/mol. The van der Waals surface area contributed by atoms with Gasteiger partial charge in [0, 0.05) is 25.7 Å². The van der Waals surface area contributed by atoms with Crippen LogP contribution in [0.1, 0.15) is 57.2 Å². The van der Waals surface area contributed by atoms with E-state index in [2.05, 4.69) is 20.2 Å². The van der Waals surface area contributed by atoms with Crippen molar-refractivity contribution in [2.24, 2.45) is 5.92 Å². The molecule has 1 aromatic rings. The molecule has 0 spiro atoms. The summed E-state index contributed by atoms with van der Waals surface area (Å²) in [7, 11) is 0. The molecule has 1 N–H and O–H groups in total. The van der Waals surface area contributed by atoms with Gasteiger partial charge in [0.1, 0.15) is 11.6 Å². The van der Waals surface area contributed by atoms with Crippen molar-refractivity contribution >= 4 is 11.7 Å². The number of aromatic nitrogens is 2. The van der Waals surface area contributed by atoms with Gasteiger partial charge in [0.15, 0.2) is 0 Å². The Bertz CT molecular complexity index is 493. The minimum atomic E-state index is 0.138. The molecule has 0 radical (unpaired) electrons. The Balaban J connectivity index is 1.50. The quantitative estimate of drug-likeness (QED) is 0.908. The molecule has 2 aliphatic rings. The van der Waals surface area contributed by atoms with Gasteiger partial charge in [-0.1, -0.05) is 12.8 Å². The first-order chi connectivity index (χ1) is 10.8. The van der Waals surface area contributed by atoms with Gasteiger partial charge in [0.2, 0.25) is 5.91 Å². The summed E-state index contributed by atoms with van der Waals surface area (Å²) in [6, 6.07) is 1.97. The van der Waals surface area contributed by atoms with E-state index in [1.165, 1.54) is 44.9 Å². The molecule has 1 amide bonds. The number of carbonyl (C=O) groups is 1. The molecular weight excluding hydrogens is 276 g/mol. The molecule has 5 heteroatoms. The van der Waals surface area contributed by atoms with Crippen molar-refractivity contribution in [3.8, 4) is 0 Å². The van der Waals surface area contributed by atoms with E-state index >= 15 is 0 Å². The van der Waals surface area contributed by atoms with Crippen LogP contribution in [0.5, 0.6) is 0 Å². The Hall–Kier alpha value is -1.65. The molecule has 0 unspecified atom stereocenters. The van der Waals surface area contributed by atoms with Crippen molar-refractivity contribution in [3.05, 3.63) is 18.1 Å². The minimum Gasteiger partial charge on any atom is -0.357 e. The maximum atomic E-state index is 12.0. The minimum absolute atomic E-state index is 0.138. The van der Waals surface area contributed by atoms with E-state index < -0.39 is 0 Å². The van der Waals surface area contributed by atoms with E-state index in [9.17, 15) is 4.79 Å². The fourth-order valence-corrected chi connectivity index (χ4v) is 3.50. The molecule has 1 aliphatic carbocycles. The SMILES string of the molecule is O=C(CC1CCCC1)NCc1nccc(N2CCCCC2)n1. The number of nitrogens with zero attached hydrogens (tertiary/aromatic N) is 3. The Morgan fingerprint density at radius 2 is 1.95 bits per heavy atom. The van der Waals surface area contributed by atoms with Crippen molar-refractivity contribution < 1.29 is 4.79 Å². The van der Waals surface area contributed by atoms with E-state index in [4.69, 9.17) is 0 Å². The van der Waals surface area contributed by atoms with Crippen LogP contribution in [-0.2, 0) is 11.3 Å². The van der Waals surface area contributed by atoms with Crippen molar-refractivity contribution in [2.45, 2.75) is 57.9 Å². The van der Waals surface area contributed by atoms with Crippen LogP contribution in [0.15, 0.2) is 12.3 Å². The normalized spacial score (nSPS) is 19.4. The third-order valence-corrected chi connectivity index (χ3v) is 4.76. The molecule has 1 saturated heterocycles. The van der Waals surface area contributed by atoms with E-state index in [0.717, 1.165) is 18.9 Å². The molecule has 0 atom stereocenters. The van der Waals surface area contributed by atoms with Crippen molar-refractivity contribution in [3.63, 3.8) is 0 Å². The fourth-order valence-electron chi connectivity index (χ4n) is 3.50. The van der Waals surface area contributed by atoms with Crippen molar-refractivity contribution in [2.75, 3.05) is 18.0 Å². The second-order valence-corrected chi connectivity index (χ2v) is 6.51. The number of anilines is 1. The highest BCUT2D eigenvalue weighted by atomic mass is 16.1. The summed E-state index contributed by atoms with van der Waals surface area (Å²) < 4.78 is 0. The monoisotopic (exact) mass is 302 g/mol. The molecular formula is C17H26N4O. The molecule has 1 aromatic heterocycles. The number of piperidine rings is 1. The van der Waals surface area contributed by atoms with Gasteiger partial charge in [-0.15, -0.1) is 0 Å². The number of nitrogens with one attached hydrogen (secondary N) is 1. The topological polar surface area (TPSA) is 58.1 Å². The lowest BCUT2D eigenvalue weighted by Gasteiger charge is -2.27. The molecule has 2 fully saturated rings. The van der Waals surface area contributed by atoms with Gasteiger partial charge >= 0.3 is 0 Å². The third kappa shape index (κ3) is 4.18. The zero-order valence-corrected chi connectivity index (χ0v) is 13.3. The fraction of sp³-hybridized carbons (Fsp3) is 0.706. The molecule has 5 nitrogen and oxygen atoms in total. The van der Waals surface area contributed by atoms with Crippen LogP contribution in [-0.4, -0.2) is 29.0 Å². The lowest BCUT2D eigenvalue weighted by Crippen LogP contribution is -2.31. The lowest BCUT2D eigenvalue weighted by molar-refractivity contribution is -0.122. The van der Waals surface area contributed by atoms with Crippen LogP contribution in [0.3, 0.4) is 0 Å². The van der Waals surface area contributed by atoms with Crippen molar-refractivity contribution in [1.29, 1.82) is 0 Å². The molecule has 22 heavy (non-hydrogen) atoms. The Morgan fingerprint density at radius 1 is 1.18 bits per heavy atom. The first-order valence-corrected chi connectivity index (χ1v) is 8.65. The molecule has 2 heterocycles. The van der Waals surface area contributed by atoms with Crippen LogP contribution >= 0.6 is 0 Å². The van der Waals surface area contributed by atoms with E-state index in [0.29, 0.717) is 24.7 Å². The molecule has 0 bridgehead atoms. The maximum Gasteiger partial charge on any atom is 0.220 e. The summed E-state index contributed by atoms with van der Waals surface area (Å²) in [6.07, 6.45) is 11.2. The van der Waals surface area contributed by atoms with Gasteiger partial charge in [-0.25, -0.2) is 9.97 Å². The molecule has 0 aromatic carbocycles. The highest BCUT2D eigenvalue weighted by molar-refractivity contribution is 5.76. The highest BCUT2D eigenvalue weighted by Crippen LogP contribution is 2.27. The standard InChI is InChI=1S/C17H26N4O/c22-17(12-14-6-2-3-7-14)19-13-15-18-9-8-16(20-15)21-10-4-1-5-11-21/h8-9,14H,1-7,10-13H2,(H,19,22). The Labute approximate surface area is 132 Å². The second-order valence-electron chi connectivity index (χ2n) is 6.51. The lowest BCUT2D eigenvalue weighted by atomic mass is 10.0. The number of rotatable bonds is 5. The van der Waals surface area contributed by atoms with Gasteiger partial charge in [0.25, 0.3) is 0 Å². The van der Waals surface area contributed by atoms with E-state index in [-0.39, 0.29) is 5.91 Å². The molecule has 1 aliphatic heterocycles. The largest absolute Gasteiger partial charge is 0.357 e. The number of hydrogen-bond acceptors (Lipinski definition) is 4. The van der Waals surface area contributed by atoms with Crippen LogP contribution < -0.4 is 10.2 Å². The van der Waals surface area contributed by atoms with Crippen LogP contribution in [0.25, 0.3) is 0 Å². The summed E-state index contributed by atoms with van der Waals surface area (Å²) in [6.45, 7) is 2.59. The summed E-state index contributed by atoms with van der Waals surface area (Å²) in [5.41, 5.74) is 0. The molecule has 3 rings (SSSR count). The van der Waals surface area contributed by atoms with Gasteiger partial charge in [0.05, 0.1) is 6.54 Å². The average molecular weight is 302 g/mol. The predicted octanol–water partition coefficient (Wildman–Crippen LogP) is 2.66. The summed E-state index contributed by atoms with van der Waals surface area (Å²) in [5.74, 6) is 2.43. The van der Waals surface area contributed by atoms with Crippen molar-refractivity contribution in [1.82, 2.24) is 15.3 Å². The molecule has 120 valence electrons. The zero-order valence-electron chi connectivity index (χ0n) is 13.3. The van der Waals surface area contributed by atoms with E-state index in [1.54, 1.807) is 6.20 Å². The average Bonchev–Trinajstić information content (AvgIpc) is 3.07. The highest BCUT2D eigenvalue weighted by Gasteiger charge is 2.18. The Morgan fingerprint density at radius 3 is 2.73 bits per heavy atom.